The lowest BCUT2D eigenvalue weighted by molar-refractivity contribution is 0.673. The van der Waals surface area contributed by atoms with Gasteiger partial charge >= 0.3 is 0 Å². The van der Waals surface area contributed by atoms with Crippen LogP contribution in [0.1, 0.15) is 0 Å². The molecule has 0 N–H and O–H groups in total. The number of fused-ring (bicyclic) bond motifs is 7. The average molecular weight is 594 g/mol. The van der Waals surface area contributed by atoms with Crippen molar-refractivity contribution in [2.75, 3.05) is 4.90 Å². The maximum absolute atomic E-state index is 6.61. The minimum Gasteiger partial charge on any atom is -0.455 e. The van der Waals surface area contributed by atoms with Gasteiger partial charge in [-0.15, -0.1) is 11.3 Å². The van der Waals surface area contributed by atoms with E-state index in [4.69, 9.17) is 4.42 Å². The molecule has 0 radical (unpaired) electrons. The molecule has 0 aliphatic carbocycles. The summed E-state index contributed by atoms with van der Waals surface area (Å²) in [5, 5.41) is 4.65. The van der Waals surface area contributed by atoms with Crippen molar-refractivity contribution >= 4 is 70.5 Å². The second kappa shape index (κ2) is 10.5. The van der Waals surface area contributed by atoms with Gasteiger partial charge < -0.3 is 9.32 Å². The zero-order valence-electron chi connectivity index (χ0n) is 24.4. The smallest absolute Gasteiger partial charge is 0.144 e. The SMILES string of the molecule is c1ccc(-c2ccc(N(c3cccc(-c4ccccc4)c3)c3cc4c5ccccc5oc4c4c3sc3ccccc34)cc2)cc1. The fourth-order valence-electron chi connectivity index (χ4n) is 6.53. The molecule has 7 aromatic carbocycles. The molecule has 45 heavy (non-hydrogen) atoms. The van der Waals surface area contributed by atoms with Crippen molar-refractivity contribution in [3.05, 3.63) is 164 Å². The van der Waals surface area contributed by atoms with Gasteiger partial charge in [0.25, 0.3) is 0 Å². The molecule has 0 saturated heterocycles. The van der Waals surface area contributed by atoms with Gasteiger partial charge in [-0.3, -0.25) is 0 Å². The second-order valence-electron chi connectivity index (χ2n) is 11.3. The summed E-state index contributed by atoms with van der Waals surface area (Å²) in [6.07, 6.45) is 0. The lowest BCUT2D eigenvalue weighted by atomic mass is 10.0. The Hall–Kier alpha value is -5.64. The Morgan fingerprint density at radius 1 is 0.444 bits per heavy atom. The van der Waals surface area contributed by atoms with Crippen LogP contribution in [0.25, 0.3) is 64.4 Å². The van der Waals surface area contributed by atoms with E-state index >= 15 is 0 Å². The molecule has 0 spiro atoms. The van der Waals surface area contributed by atoms with Crippen LogP contribution >= 0.6 is 11.3 Å². The molecule has 0 amide bonds. The van der Waals surface area contributed by atoms with Gasteiger partial charge in [0, 0.05) is 37.6 Å². The first-order valence-electron chi connectivity index (χ1n) is 15.2. The highest BCUT2D eigenvalue weighted by molar-refractivity contribution is 7.26. The van der Waals surface area contributed by atoms with Gasteiger partial charge in [-0.1, -0.05) is 121 Å². The third-order valence-electron chi connectivity index (χ3n) is 8.66. The quantitative estimate of drug-likeness (QED) is 0.197. The van der Waals surface area contributed by atoms with E-state index < -0.39 is 0 Å². The molecule has 0 aliphatic rings. The molecule has 0 unspecified atom stereocenters. The van der Waals surface area contributed by atoms with Crippen LogP contribution in [0.3, 0.4) is 0 Å². The van der Waals surface area contributed by atoms with Crippen molar-refractivity contribution in [3.8, 4) is 22.3 Å². The molecule has 0 aliphatic heterocycles. The van der Waals surface area contributed by atoms with Crippen molar-refractivity contribution in [1.82, 2.24) is 0 Å². The largest absolute Gasteiger partial charge is 0.455 e. The van der Waals surface area contributed by atoms with Crippen LogP contribution in [0.2, 0.25) is 0 Å². The Morgan fingerprint density at radius 3 is 1.84 bits per heavy atom. The van der Waals surface area contributed by atoms with Crippen molar-refractivity contribution < 1.29 is 4.42 Å². The first-order valence-corrected chi connectivity index (χ1v) is 16.0. The molecule has 2 nitrogen and oxygen atoms in total. The summed E-state index contributed by atoms with van der Waals surface area (Å²) in [4.78, 5) is 2.42. The van der Waals surface area contributed by atoms with Crippen molar-refractivity contribution in [2.24, 2.45) is 0 Å². The highest BCUT2D eigenvalue weighted by atomic mass is 32.1. The van der Waals surface area contributed by atoms with Crippen molar-refractivity contribution in [2.45, 2.75) is 0 Å². The molecule has 9 rings (SSSR count). The lowest BCUT2D eigenvalue weighted by Crippen LogP contribution is -2.10. The minimum atomic E-state index is 0.908. The van der Waals surface area contributed by atoms with Gasteiger partial charge in [0.05, 0.1) is 10.4 Å². The third-order valence-corrected chi connectivity index (χ3v) is 9.85. The predicted molar refractivity (Wildman–Crippen MR) is 192 cm³/mol. The van der Waals surface area contributed by atoms with Crippen LogP contribution in [-0.4, -0.2) is 0 Å². The molecule has 2 heterocycles. The first-order chi connectivity index (χ1) is 22.3. The van der Waals surface area contributed by atoms with Crippen LogP contribution in [0, 0.1) is 0 Å². The van der Waals surface area contributed by atoms with Gasteiger partial charge in [-0.2, -0.15) is 0 Å². The zero-order valence-corrected chi connectivity index (χ0v) is 25.2. The van der Waals surface area contributed by atoms with Gasteiger partial charge in [0.15, 0.2) is 0 Å². The predicted octanol–water partition coefficient (Wildman–Crippen LogP) is 12.8. The van der Waals surface area contributed by atoms with Crippen LogP contribution in [0.15, 0.2) is 168 Å². The van der Waals surface area contributed by atoms with E-state index in [1.54, 1.807) is 0 Å². The monoisotopic (exact) mass is 593 g/mol. The number of hydrogen-bond acceptors (Lipinski definition) is 3. The summed E-state index contributed by atoms with van der Waals surface area (Å²) in [7, 11) is 0. The molecule has 0 fully saturated rings. The van der Waals surface area contributed by atoms with E-state index in [1.807, 2.05) is 17.4 Å². The molecule has 0 bridgehead atoms. The van der Waals surface area contributed by atoms with Crippen LogP contribution in [0.5, 0.6) is 0 Å². The van der Waals surface area contributed by atoms with E-state index in [0.717, 1.165) is 39.0 Å². The fourth-order valence-corrected chi connectivity index (χ4v) is 7.74. The Labute approximate surface area is 265 Å². The summed E-state index contributed by atoms with van der Waals surface area (Å²) < 4.78 is 9.07. The third kappa shape index (κ3) is 4.32. The van der Waals surface area contributed by atoms with Crippen LogP contribution in [-0.2, 0) is 0 Å². The maximum atomic E-state index is 6.61. The molecule has 0 atom stereocenters. The number of nitrogens with zero attached hydrogens (tertiary/aromatic N) is 1. The summed E-state index contributed by atoms with van der Waals surface area (Å²) in [5.41, 5.74) is 9.99. The van der Waals surface area contributed by atoms with E-state index in [1.165, 1.54) is 42.4 Å². The summed E-state index contributed by atoms with van der Waals surface area (Å²) in [6.45, 7) is 0. The second-order valence-corrected chi connectivity index (χ2v) is 12.4. The molecule has 0 saturated carbocycles. The van der Waals surface area contributed by atoms with Gasteiger partial charge in [-0.05, 0) is 64.7 Å². The highest BCUT2D eigenvalue weighted by Crippen LogP contribution is 2.50. The Kier molecular flexibility index (Phi) is 6.03. The standard InChI is InChI=1S/C42H27NOS/c1-3-12-28(13-4-1)30-22-24-32(25-23-30)43(33-17-11-16-31(26-33)29-14-5-2-6-15-29)37-27-36-34-18-7-9-20-38(34)44-41(36)40-35-19-8-10-21-39(35)45-42(37)40/h1-27H. The summed E-state index contributed by atoms with van der Waals surface area (Å²) in [6, 6.07) is 58.4. The number of anilines is 3. The average Bonchev–Trinajstić information content (AvgIpc) is 3.69. The highest BCUT2D eigenvalue weighted by Gasteiger charge is 2.23. The lowest BCUT2D eigenvalue weighted by Gasteiger charge is -2.27. The summed E-state index contributed by atoms with van der Waals surface area (Å²) >= 11 is 1.83. The number of rotatable bonds is 5. The normalized spacial score (nSPS) is 11.6. The molecule has 2 aromatic heterocycles. The number of para-hydroxylation sites is 1. The van der Waals surface area contributed by atoms with Crippen LogP contribution in [0.4, 0.5) is 17.1 Å². The van der Waals surface area contributed by atoms with E-state index in [2.05, 4.69) is 163 Å². The number of furan rings is 1. The first kappa shape index (κ1) is 25.8. The van der Waals surface area contributed by atoms with Crippen molar-refractivity contribution in [3.63, 3.8) is 0 Å². The van der Waals surface area contributed by atoms with E-state index in [0.29, 0.717) is 0 Å². The number of hydrogen-bond donors (Lipinski definition) is 0. The molecular formula is C42H27NOS. The zero-order chi connectivity index (χ0) is 29.7. The van der Waals surface area contributed by atoms with Gasteiger partial charge in [0.2, 0.25) is 0 Å². The minimum absolute atomic E-state index is 0.908. The summed E-state index contributed by atoms with van der Waals surface area (Å²) in [5.74, 6) is 0. The van der Waals surface area contributed by atoms with Gasteiger partial charge in [-0.25, -0.2) is 0 Å². The van der Waals surface area contributed by atoms with Gasteiger partial charge in [0.1, 0.15) is 11.2 Å². The van der Waals surface area contributed by atoms with Crippen LogP contribution < -0.4 is 4.90 Å². The van der Waals surface area contributed by atoms with E-state index in [9.17, 15) is 0 Å². The Bertz CT molecular complexity index is 2470. The topological polar surface area (TPSA) is 16.4 Å². The molecular weight excluding hydrogens is 567 g/mol. The van der Waals surface area contributed by atoms with E-state index in [-0.39, 0.29) is 0 Å². The fraction of sp³-hybridized carbons (Fsp3) is 0. The maximum Gasteiger partial charge on any atom is 0.144 e. The Morgan fingerprint density at radius 2 is 1.07 bits per heavy atom. The Balaban J connectivity index is 1.35. The molecule has 212 valence electrons. The van der Waals surface area contributed by atoms with Crippen molar-refractivity contribution in [1.29, 1.82) is 0 Å². The molecule has 3 heteroatoms. The number of thiophene rings is 1. The number of benzene rings is 7. The molecule has 9 aromatic rings.